The van der Waals surface area contributed by atoms with Crippen molar-refractivity contribution in [3.05, 3.63) is 0 Å². The average Bonchev–Trinajstić information content (AvgIpc) is 1.88. The lowest BCUT2D eigenvalue weighted by Crippen LogP contribution is -2.37. The first-order valence-electron chi connectivity index (χ1n) is 4.03. The molecule has 1 saturated heterocycles. The normalized spacial score (nSPS) is 41.7. The van der Waals surface area contributed by atoms with Gasteiger partial charge in [0.25, 0.3) is 0 Å². The number of ether oxygens (including phenoxy) is 1. The molecule has 1 unspecified atom stereocenters. The van der Waals surface area contributed by atoms with Gasteiger partial charge in [0, 0.05) is 6.61 Å². The van der Waals surface area contributed by atoms with Crippen molar-refractivity contribution in [2.75, 3.05) is 6.61 Å². The lowest BCUT2D eigenvalue weighted by atomic mass is 9.96. The summed E-state index contributed by atoms with van der Waals surface area (Å²) in [7, 11) is 0. The minimum atomic E-state index is -0.228. The molecular weight excluding hydrogens is 128 g/mol. The van der Waals surface area contributed by atoms with Gasteiger partial charge in [-0.2, -0.15) is 0 Å². The highest BCUT2D eigenvalue weighted by molar-refractivity contribution is 4.75. The first kappa shape index (κ1) is 8.02. The molecule has 2 nitrogen and oxygen atoms in total. The van der Waals surface area contributed by atoms with E-state index < -0.39 is 0 Å². The third kappa shape index (κ3) is 1.70. The predicted molar refractivity (Wildman–Crippen MR) is 39.8 cm³/mol. The fourth-order valence-electron chi connectivity index (χ4n) is 1.42. The van der Waals surface area contributed by atoms with E-state index in [4.69, 9.17) is 4.74 Å². The molecule has 3 atom stereocenters. The molecule has 0 amide bonds. The Kier molecular flexibility index (Phi) is 2.69. The largest absolute Gasteiger partial charge is 0.390 e. The van der Waals surface area contributed by atoms with E-state index in [0.717, 1.165) is 19.4 Å². The third-order valence-corrected chi connectivity index (χ3v) is 2.07. The Bertz CT molecular complexity index is 103. The van der Waals surface area contributed by atoms with Crippen molar-refractivity contribution in [2.45, 2.75) is 38.9 Å². The fraction of sp³-hybridized carbons (Fsp3) is 1.00. The summed E-state index contributed by atoms with van der Waals surface area (Å²) < 4.78 is 5.40. The summed E-state index contributed by atoms with van der Waals surface area (Å²) in [6, 6.07) is 0. The van der Waals surface area contributed by atoms with Crippen LogP contribution in [-0.4, -0.2) is 23.9 Å². The van der Waals surface area contributed by atoms with Gasteiger partial charge in [-0.1, -0.05) is 13.8 Å². The molecule has 10 heavy (non-hydrogen) atoms. The van der Waals surface area contributed by atoms with Gasteiger partial charge in [-0.05, 0) is 18.8 Å². The third-order valence-electron chi connectivity index (χ3n) is 2.07. The van der Waals surface area contributed by atoms with Crippen molar-refractivity contribution in [1.82, 2.24) is 0 Å². The van der Waals surface area contributed by atoms with E-state index in [1.165, 1.54) is 0 Å². The van der Waals surface area contributed by atoms with Gasteiger partial charge in [0.15, 0.2) is 0 Å². The quantitative estimate of drug-likeness (QED) is 0.599. The van der Waals surface area contributed by atoms with Gasteiger partial charge in [0.1, 0.15) is 0 Å². The average molecular weight is 144 g/mol. The first-order chi connectivity index (χ1) is 4.74. The van der Waals surface area contributed by atoms with Gasteiger partial charge in [-0.15, -0.1) is 0 Å². The molecule has 0 aliphatic carbocycles. The summed E-state index contributed by atoms with van der Waals surface area (Å²) in [5.41, 5.74) is 0. The minimum Gasteiger partial charge on any atom is -0.390 e. The summed E-state index contributed by atoms with van der Waals surface area (Å²) in [6.45, 7) is 4.97. The topological polar surface area (TPSA) is 29.5 Å². The zero-order valence-electron chi connectivity index (χ0n) is 6.71. The van der Waals surface area contributed by atoms with Gasteiger partial charge in [-0.25, -0.2) is 0 Å². The Morgan fingerprint density at radius 1 is 1.60 bits per heavy atom. The summed E-state index contributed by atoms with van der Waals surface area (Å²) >= 11 is 0. The number of aliphatic hydroxyl groups excluding tert-OH is 1. The highest BCUT2D eigenvalue weighted by atomic mass is 16.5. The molecule has 0 spiro atoms. The number of aliphatic hydroxyl groups is 1. The van der Waals surface area contributed by atoms with Gasteiger partial charge in [0.2, 0.25) is 0 Å². The Hall–Kier alpha value is -0.0800. The molecule has 0 aromatic carbocycles. The van der Waals surface area contributed by atoms with Gasteiger partial charge < -0.3 is 9.84 Å². The number of rotatable bonds is 1. The molecule has 0 radical (unpaired) electrons. The monoisotopic (exact) mass is 144 g/mol. The van der Waals surface area contributed by atoms with E-state index in [-0.39, 0.29) is 12.2 Å². The van der Waals surface area contributed by atoms with Crippen molar-refractivity contribution in [2.24, 2.45) is 5.92 Å². The first-order valence-corrected chi connectivity index (χ1v) is 4.03. The van der Waals surface area contributed by atoms with Gasteiger partial charge >= 0.3 is 0 Å². The molecule has 0 bridgehead atoms. The molecule has 0 aromatic heterocycles. The van der Waals surface area contributed by atoms with E-state index in [2.05, 4.69) is 6.92 Å². The van der Waals surface area contributed by atoms with Crippen molar-refractivity contribution in [3.63, 3.8) is 0 Å². The Morgan fingerprint density at radius 2 is 2.30 bits per heavy atom. The van der Waals surface area contributed by atoms with E-state index >= 15 is 0 Å². The van der Waals surface area contributed by atoms with Crippen LogP contribution < -0.4 is 0 Å². The Morgan fingerprint density at radius 3 is 2.80 bits per heavy atom. The lowest BCUT2D eigenvalue weighted by Gasteiger charge is -2.30. The van der Waals surface area contributed by atoms with E-state index in [0.29, 0.717) is 5.92 Å². The molecule has 1 aliphatic rings. The molecule has 0 aromatic rings. The molecule has 1 N–H and O–H groups in total. The second-order valence-electron chi connectivity index (χ2n) is 3.19. The standard InChI is InChI=1S/C8H16O2/c1-3-8-7(9)4-6(2)5-10-8/h6-9H,3-5H2,1-2H3/t6-,7?,8+/m0/s1. The zero-order chi connectivity index (χ0) is 7.56. The minimum absolute atomic E-state index is 0.0937. The van der Waals surface area contributed by atoms with Crippen LogP contribution in [0.4, 0.5) is 0 Å². The van der Waals surface area contributed by atoms with Crippen LogP contribution in [-0.2, 0) is 4.74 Å². The van der Waals surface area contributed by atoms with Crippen LogP contribution in [0.25, 0.3) is 0 Å². The maximum absolute atomic E-state index is 9.41. The number of hydrogen-bond donors (Lipinski definition) is 1. The summed E-state index contributed by atoms with van der Waals surface area (Å²) in [5.74, 6) is 0.526. The maximum Gasteiger partial charge on any atom is 0.0831 e. The molecule has 1 heterocycles. The molecule has 1 fully saturated rings. The molecule has 1 rings (SSSR count). The van der Waals surface area contributed by atoms with Crippen molar-refractivity contribution in [3.8, 4) is 0 Å². The van der Waals surface area contributed by atoms with Crippen LogP contribution in [0.2, 0.25) is 0 Å². The summed E-state index contributed by atoms with van der Waals surface area (Å²) in [6.07, 6.45) is 1.69. The van der Waals surface area contributed by atoms with E-state index in [1.807, 2.05) is 6.92 Å². The van der Waals surface area contributed by atoms with Crippen LogP contribution >= 0.6 is 0 Å². The van der Waals surface area contributed by atoms with E-state index in [1.54, 1.807) is 0 Å². The molecule has 2 heteroatoms. The second-order valence-corrected chi connectivity index (χ2v) is 3.19. The Balaban J connectivity index is 2.36. The highest BCUT2D eigenvalue weighted by Crippen LogP contribution is 2.20. The van der Waals surface area contributed by atoms with Gasteiger partial charge in [0.05, 0.1) is 12.2 Å². The van der Waals surface area contributed by atoms with Crippen LogP contribution in [0.15, 0.2) is 0 Å². The van der Waals surface area contributed by atoms with Crippen molar-refractivity contribution >= 4 is 0 Å². The zero-order valence-corrected chi connectivity index (χ0v) is 6.71. The van der Waals surface area contributed by atoms with Crippen LogP contribution in [0, 0.1) is 5.92 Å². The van der Waals surface area contributed by atoms with Crippen LogP contribution in [0.5, 0.6) is 0 Å². The van der Waals surface area contributed by atoms with E-state index in [9.17, 15) is 5.11 Å². The maximum atomic E-state index is 9.41. The van der Waals surface area contributed by atoms with Crippen molar-refractivity contribution < 1.29 is 9.84 Å². The number of hydrogen-bond acceptors (Lipinski definition) is 2. The second kappa shape index (κ2) is 3.35. The van der Waals surface area contributed by atoms with Gasteiger partial charge in [-0.3, -0.25) is 0 Å². The lowest BCUT2D eigenvalue weighted by molar-refractivity contribution is -0.0953. The van der Waals surface area contributed by atoms with Crippen molar-refractivity contribution in [1.29, 1.82) is 0 Å². The Labute approximate surface area is 62.2 Å². The summed E-state index contributed by atoms with van der Waals surface area (Å²) in [5, 5.41) is 9.41. The highest BCUT2D eigenvalue weighted by Gasteiger charge is 2.25. The molecule has 60 valence electrons. The predicted octanol–water partition coefficient (Wildman–Crippen LogP) is 1.18. The van der Waals surface area contributed by atoms with Crippen LogP contribution in [0.3, 0.4) is 0 Å². The summed E-state index contributed by atoms with van der Waals surface area (Å²) in [4.78, 5) is 0. The molecule has 0 saturated carbocycles. The smallest absolute Gasteiger partial charge is 0.0831 e. The van der Waals surface area contributed by atoms with Crippen LogP contribution in [0.1, 0.15) is 26.7 Å². The molecular formula is C8H16O2. The molecule has 1 aliphatic heterocycles. The SMILES string of the molecule is CC[C@H]1OC[C@@H](C)CC1O. The fourth-order valence-corrected chi connectivity index (χ4v) is 1.42.